The van der Waals surface area contributed by atoms with E-state index in [1.54, 1.807) is 17.1 Å². The van der Waals surface area contributed by atoms with Gasteiger partial charge in [-0.25, -0.2) is 18.7 Å². The highest BCUT2D eigenvalue weighted by Gasteiger charge is 2.44. The smallest absolute Gasteiger partial charge is 0.259 e. The van der Waals surface area contributed by atoms with Gasteiger partial charge >= 0.3 is 0 Å². The molecule has 4 rings (SSSR count). The first kappa shape index (κ1) is 25.5. The number of benzene rings is 1. The first-order valence-corrected chi connectivity index (χ1v) is 12.0. The molecule has 2 aliphatic rings. The normalized spacial score (nSPS) is 18.0. The van der Waals surface area contributed by atoms with E-state index in [0.717, 1.165) is 38.1 Å². The lowest BCUT2D eigenvalue weighted by atomic mass is 9.72. The van der Waals surface area contributed by atoms with Gasteiger partial charge in [-0.15, -0.1) is 0 Å². The summed E-state index contributed by atoms with van der Waals surface area (Å²) in [6, 6.07) is 2.29. The van der Waals surface area contributed by atoms with Crippen LogP contribution in [0.3, 0.4) is 0 Å². The van der Waals surface area contributed by atoms with Crippen molar-refractivity contribution in [2.45, 2.75) is 26.2 Å². The Morgan fingerprint density at radius 3 is 2.31 bits per heavy atom. The van der Waals surface area contributed by atoms with Gasteiger partial charge in [0.25, 0.3) is 5.91 Å². The van der Waals surface area contributed by atoms with E-state index in [1.807, 2.05) is 6.92 Å². The number of piperidine rings is 1. The Morgan fingerprint density at radius 1 is 1.14 bits per heavy atom. The molecule has 0 atom stereocenters. The van der Waals surface area contributed by atoms with Crippen molar-refractivity contribution < 1.29 is 13.6 Å². The highest BCUT2D eigenvalue weighted by molar-refractivity contribution is 5.96. The van der Waals surface area contributed by atoms with Gasteiger partial charge in [-0.1, -0.05) is 19.6 Å². The summed E-state index contributed by atoms with van der Waals surface area (Å²) in [5, 5.41) is 0. The van der Waals surface area contributed by atoms with Crippen molar-refractivity contribution in [3.8, 4) is 11.3 Å². The van der Waals surface area contributed by atoms with Gasteiger partial charge in [0.05, 0.1) is 11.4 Å². The van der Waals surface area contributed by atoms with Gasteiger partial charge in [-0.2, -0.15) is 0 Å². The van der Waals surface area contributed by atoms with Crippen molar-refractivity contribution in [1.29, 1.82) is 0 Å². The summed E-state index contributed by atoms with van der Waals surface area (Å²) in [4.78, 5) is 25.5. The second-order valence-electron chi connectivity index (χ2n) is 9.71. The number of hydrogen-bond donors (Lipinski definition) is 2. The van der Waals surface area contributed by atoms with Gasteiger partial charge in [0, 0.05) is 54.8 Å². The molecule has 2 aliphatic heterocycles. The van der Waals surface area contributed by atoms with Gasteiger partial charge in [-0.3, -0.25) is 4.79 Å². The van der Waals surface area contributed by atoms with Gasteiger partial charge in [-0.05, 0) is 49.9 Å². The second kappa shape index (κ2) is 10.2. The minimum absolute atomic E-state index is 0.183. The Hall–Kier alpha value is -3.59. The van der Waals surface area contributed by atoms with E-state index in [2.05, 4.69) is 28.5 Å². The minimum Gasteiger partial charge on any atom is -0.404 e. The van der Waals surface area contributed by atoms with Gasteiger partial charge in [0.15, 0.2) is 0 Å². The van der Waals surface area contributed by atoms with Crippen molar-refractivity contribution in [2.24, 2.45) is 16.9 Å². The topological polar surface area (TPSA) is 101 Å². The molecule has 0 bridgehead atoms. The number of allylic oxidation sites excluding steroid dienone is 3. The van der Waals surface area contributed by atoms with E-state index in [4.69, 9.17) is 11.5 Å². The van der Waals surface area contributed by atoms with E-state index >= 15 is 8.78 Å². The monoisotopic (exact) mass is 494 g/mol. The van der Waals surface area contributed by atoms with Gasteiger partial charge in [0.1, 0.15) is 23.5 Å². The fourth-order valence-corrected chi connectivity index (χ4v) is 5.30. The quantitative estimate of drug-likeness (QED) is 0.597. The van der Waals surface area contributed by atoms with Crippen molar-refractivity contribution in [3.63, 3.8) is 0 Å². The number of amides is 1. The molecule has 0 saturated carbocycles. The number of halogens is 2. The lowest BCUT2D eigenvalue weighted by molar-refractivity contribution is -0.0270. The summed E-state index contributed by atoms with van der Waals surface area (Å²) in [6.07, 6.45) is 8.13. The van der Waals surface area contributed by atoms with Crippen LogP contribution in [-0.4, -0.2) is 58.9 Å². The van der Waals surface area contributed by atoms with Crippen LogP contribution in [0.2, 0.25) is 0 Å². The van der Waals surface area contributed by atoms with Crippen molar-refractivity contribution >= 4 is 11.5 Å². The largest absolute Gasteiger partial charge is 0.404 e. The number of hydrogen-bond acceptors (Lipinski definition) is 6. The molecule has 7 nitrogen and oxygen atoms in total. The molecule has 2 aromatic rings. The molecular weight excluding hydrogens is 462 g/mol. The van der Waals surface area contributed by atoms with E-state index in [0.29, 0.717) is 47.7 Å². The lowest BCUT2D eigenvalue weighted by Gasteiger charge is -2.52. The molecule has 2 fully saturated rings. The van der Waals surface area contributed by atoms with Crippen molar-refractivity contribution in [2.75, 3.05) is 33.2 Å². The molecule has 9 heteroatoms. The Bertz CT molecular complexity index is 1220. The molecule has 0 radical (unpaired) electrons. The summed E-state index contributed by atoms with van der Waals surface area (Å²) in [5.74, 6) is -2.47. The molecule has 190 valence electrons. The number of rotatable bonds is 6. The van der Waals surface area contributed by atoms with Gasteiger partial charge < -0.3 is 21.3 Å². The van der Waals surface area contributed by atoms with Crippen LogP contribution in [0, 0.1) is 17.0 Å². The third-order valence-corrected chi connectivity index (χ3v) is 7.06. The number of nitrogens with two attached hydrogens (primary N) is 2. The van der Waals surface area contributed by atoms with Crippen molar-refractivity contribution in [3.05, 3.63) is 77.5 Å². The summed E-state index contributed by atoms with van der Waals surface area (Å²) in [6.45, 7) is 8.53. The van der Waals surface area contributed by atoms with Crippen LogP contribution in [0.25, 0.3) is 16.8 Å². The number of likely N-dealkylation sites (tertiary alicyclic amines) is 2. The molecule has 2 saturated heterocycles. The molecule has 1 amide bonds. The maximum absolute atomic E-state index is 15.3. The fourth-order valence-electron chi connectivity index (χ4n) is 5.30. The van der Waals surface area contributed by atoms with Crippen LogP contribution in [-0.2, 0) is 6.42 Å². The maximum atomic E-state index is 15.3. The third kappa shape index (κ3) is 4.88. The zero-order valence-corrected chi connectivity index (χ0v) is 20.7. The van der Waals surface area contributed by atoms with Crippen LogP contribution < -0.4 is 11.5 Å². The van der Waals surface area contributed by atoms with E-state index in [9.17, 15) is 4.79 Å². The SMILES string of the molecule is C=C(N)/C=C\C(=C/N)c1c(CC)ncnc1-c1cc(F)c(C(=O)N2CCC3(CC2)CN(C)C3)c(F)c1. The van der Waals surface area contributed by atoms with E-state index in [1.165, 1.54) is 12.5 Å². The first-order chi connectivity index (χ1) is 17.2. The summed E-state index contributed by atoms with van der Waals surface area (Å²) in [5.41, 5.74) is 13.7. The first-order valence-electron chi connectivity index (χ1n) is 12.0. The summed E-state index contributed by atoms with van der Waals surface area (Å²) in [7, 11) is 2.07. The molecule has 0 aliphatic carbocycles. The average Bonchev–Trinajstić information content (AvgIpc) is 2.83. The number of aryl methyl sites for hydroxylation is 1. The molecule has 3 heterocycles. The zero-order valence-electron chi connectivity index (χ0n) is 20.7. The Morgan fingerprint density at radius 2 is 1.78 bits per heavy atom. The highest BCUT2D eigenvalue weighted by Crippen LogP contribution is 2.40. The molecule has 1 aromatic heterocycles. The van der Waals surface area contributed by atoms with Crippen LogP contribution in [0.15, 0.2) is 49.1 Å². The minimum atomic E-state index is -0.926. The molecule has 0 unspecified atom stereocenters. The van der Waals surface area contributed by atoms with E-state index < -0.39 is 23.1 Å². The summed E-state index contributed by atoms with van der Waals surface area (Å²) < 4.78 is 30.6. The van der Waals surface area contributed by atoms with E-state index in [-0.39, 0.29) is 11.0 Å². The second-order valence-corrected chi connectivity index (χ2v) is 9.71. The van der Waals surface area contributed by atoms with Crippen LogP contribution in [0.4, 0.5) is 8.78 Å². The van der Waals surface area contributed by atoms with Gasteiger partial charge in [0.2, 0.25) is 0 Å². The van der Waals surface area contributed by atoms with Crippen molar-refractivity contribution in [1.82, 2.24) is 19.8 Å². The maximum Gasteiger partial charge on any atom is 0.259 e. The average molecular weight is 495 g/mol. The predicted octanol–water partition coefficient (Wildman–Crippen LogP) is 3.48. The number of carbonyl (C=O) groups excluding carboxylic acids is 1. The fraction of sp³-hybridized carbons (Fsp3) is 0.370. The number of aromatic nitrogens is 2. The molecule has 1 spiro atoms. The molecule has 1 aromatic carbocycles. The molecule has 36 heavy (non-hydrogen) atoms. The molecule has 4 N–H and O–H groups in total. The highest BCUT2D eigenvalue weighted by atomic mass is 19.1. The number of nitrogens with zero attached hydrogens (tertiary/aromatic N) is 4. The van der Waals surface area contributed by atoms with Crippen LogP contribution in [0.1, 0.15) is 41.4 Å². The Kier molecular flexibility index (Phi) is 7.21. The number of carbonyl (C=O) groups is 1. The van der Waals surface area contributed by atoms with Crippen LogP contribution >= 0.6 is 0 Å². The van der Waals surface area contributed by atoms with Crippen LogP contribution in [0.5, 0.6) is 0 Å². The predicted molar refractivity (Wildman–Crippen MR) is 136 cm³/mol. The standard InChI is InChI=1S/C27H32F2N6O/c1-4-22-23(18(13-30)6-5-17(2)31)25(33-16-32-22)19-11-20(28)24(21(29)12-19)26(36)35-9-7-27(8-10-35)14-34(3)15-27/h5-6,11-13,16H,2,4,7-10,14-15,30-31H2,1,3H3/b6-5-,18-13+. The third-order valence-electron chi connectivity index (χ3n) is 7.06. The summed E-state index contributed by atoms with van der Waals surface area (Å²) >= 11 is 0. The zero-order chi connectivity index (χ0) is 26.0. The molecular formula is C27H32F2N6O. The lowest BCUT2D eigenvalue weighted by Crippen LogP contribution is -2.59. The Balaban J connectivity index is 1.67. The Labute approximate surface area is 210 Å².